The summed E-state index contributed by atoms with van der Waals surface area (Å²) in [6.45, 7) is 12.7. The molecule has 1 aromatic carbocycles. The van der Waals surface area contributed by atoms with Gasteiger partial charge in [0.1, 0.15) is 0 Å². The molecule has 146 valence electrons. The van der Waals surface area contributed by atoms with Gasteiger partial charge in [-0.05, 0) is 51.5 Å². The first-order valence-corrected chi connectivity index (χ1v) is 10.1. The Balaban J connectivity index is 1.74. The lowest BCUT2D eigenvalue weighted by Gasteiger charge is -2.37. The second-order valence-electron chi connectivity index (χ2n) is 7.95. The molecular formula is C22H32N4O. The molecule has 1 fully saturated rings. The molecule has 0 saturated carbocycles. The Bertz CT molecular complexity index is 815. The van der Waals surface area contributed by atoms with Crippen LogP contribution in [-0.4, -0.2) is 58.2 Å². The van der Waals surface area contributed by atoms with Gasteiger partial charge >= 0.3 is 0 Å². The number of nitrogens with zero attached hydrogens (tertiary/aromatic N) is 3. The molecule has 5 heteroatoms. The predicted molar refractivity (Wildman–Crippen MR) is 112 cm³/mol. The molecule has 0 unspecified atom stereocenters. The van der Waals surface area contributed by atoms with E-state index in [0.29, 0.717) is 6.04 Å². The second-order valence-corrected chi connectivity index (χ2v) is 7.95. The number of amides is 1. The summed E-state index contributed by atoms with van der Waals surface area (Å²) in [5, 5.41) is 9.04. The third-order valence-electron chi connectivity index (χ3n) is 5.87. The van der Waals surface area contributed by atoms with E-state index in [1.165, 1.54) is 0 Å². The zero-order valence-electron chi connectivity index (χ0n) is 17.0. The van der Waals surface area contributed by atoms with Crippen molar-refractivity contribution in [1.29, 1.82) is 5.41 Å². The summed E-state index contributed by atoms with van der Waals surface area (Å²) in [5.41, 5.74) is 2.64. The number of hydrogen-bond donors (Lipinski definition) is 1. The lowest BCUT2D eigenvalue weighted by molar-refractivity contribution is 0.0595. The van der Waals surface area contributed by atoms with Crippen molar-refractivity contribution in [2.24, 2.45) is 5.92 Å². The highest BCUT2D eigenvalue weighted by atomic mass is 16.2. The molecule has 1 aliphatic heterocycles. The van der Waals surface area contributed by atoms with Crippen LogP contribution in [0.4, 0.5) is 0 Å². The van der Waals surface area contributed by atoms with Gasteiger partial charge in [-0.25, -0.2) is 0 Å². The number of aromatic nitrogens is 1. The van der Waals surface area contributed by atoms with E-state index in [1.54, 1.807) is 0 Å². The Hall–Kier alpha value is -2.14. The molecule has 1 atom stereocenters. The monoisotopic (exact) mass is 368 g/mol. The van der Waals surface area contributed by atoms with Crippen molar-refractivity contribution in [2.45, 2.75) is 46.7 Å². The summed E-state index contributed by atoms with van der Waals surface area (Å²) in [6.07, 6.45) is 3.04. The van der Waals surface area contributed by atoms with Crippen LogP contribution in [-0.2, 0) is 6.54 Å². The molecule has 27 heavy (non-hydrogen) atoms. The fourth-order valence-electron chi connectivity index (χ4n) is 3.93. The Labute approximate surface area is 162 Å². The fourth-order valence-corrected chi connectivity index (χ4v) is 3.93. The highest BCUT2D eigenvalue weighted by Crippen LogP contribution is 2.21. The highest BCUT2D eigenvalue weighted by Gasteiger charge is 2.23. The minimum absolute atomic E-state index is 0.134. The van der Waals surface area contributed by atoms with E-state index in [1.807, 2.05) is 24.0 Å². The van der Waals surface area contributed by atoms with Crippen LogP contribution in [0.25, 0.3) is 10.9 Å². The summed E-state index contributed by atoms with van der Waals surface area (Å²) < 4.78 is 2.21. The summed E-state index contributed by atoms with van der Waals surface area (Å²) in [5.74, 6) is 0.397. The van der Waals surface area contributed by atoms with Gasteiger partial charge in [-0.3, -0.25) is 9.69 Å². The standard InChI is InChI=1S/C22H32N4O/c1-5-18(17(4)23)15-26-9-8-19-14-20(6-7-21(19)26)22(27)25-12-10-24(11-13-25)16(2)3/h6-9,14,16,18,23H,5,10-13,15H2,1-4H3/t18-/m0/s1. The first-order chi connectivity index (χ1) is 12.9. The first kappa shape index (κ1) is 19.6. The molecular weight excluding hydrogens is 336 g/mol. The number of piperazine rings is 1. The molecule has 1 N–H and O–H groups in total. The average Bonchev–Trinajstić information content (AvgIpc) is 3.07. The third-order valence-corrected chi connectivity index (χ3v) is 5.87. The second kappa shape index (κ2) is 8.26. The number of benzene rings is 1. The van der Waals surface area contributed by atoms with Crippen LogP contribution < -0.4 is 0 Å². The summed E-state index contributed by atoms with van der Waals surface area (Å²) in [4.78, 5) is 17.3. The first-order valence-electron chi connectivity index (χ1n) is 10.1. The van der Waals surface area contributed by atoms with Crippen molar-refractivity contribution >= 4 is 22.5 Å². The maximum atomic E-state index is 12.9. The largest absolute Gasteiger partial charge is 0.347 e. The molecule has 2 heterocycles. The van der Waals surface area contributed by atoms with Crippen molar-refractivity contribution in [2.75, 3.05) is 26.2 Å². The van der Waals surface area contributed by atoms with Crippen molar-refractivity contribution in [3.63, 3.8) is 0 Å². The van der Waals surface area contributed by atoms with Gasteiger partial charge in [0.2, 0.25) is 0 Å². The Morgan fingerprint density at radius 2 is 1.85 bits per heavy atom. The van der Waals surface area contributed by atoms with Crippen LogP contribution in [0.3, 0.4) is 0 Å². The molecule has 1 aliphatic rings. The van der Waals surface area contributed by atoms with E-state index in [0.717, 1.165) is 61.3 Å². The van der Waals surface area contributed by atoms with Gasteiger partial charge < -0.3 is 14.9 Å². The number of hydrogen-bond acceptors (Lipinski definition) is 3. The maximum Gasteiger partial charge on any atom is 0.253 e. The number of nitrogens with one attached hydrogen (secondary N) is 1. The van der Waals surface area contributed by atoms with E-state index in [9.17, 15) is 4.79 Å². The third kappa shape index (κ3) is 4.24. The Kier molecular flexibility index (Phi) is 6.00. The number of carbonyl (C=O) groups is 1. The predicted octanol–water partition coefficient (Wildman–Crippen LogP) is 3.87. The Morgan fingerprint density at radius 1 is 1.15 bits per heavy atom. The minimum Gasteiger partial charge on any atom is -0.347 e. The molecule has 0 radical (unpaired) electrons. The fraction of sp³-hybridized carbons (Fsp3) is 0.545. The molecule has 0 spiro atoms. The number of fused-ring (bicyclic) bond motifs is 1. The lowest BCUT2D eigenvalue weighted by Crippen LogP contribution is -2.50. The van der Waals surface area contributed by atoms with Gasteiger partial charge in [0, 0.05) is 73.1 Å². The van der Waals surface area contributed by atoms with Crippen LogP contribution in [0.5, 0.6) is 0 Å². The van der Waals surface area contributed by atoms with Gasteiger partial charge in [-0.1, -0.05) is 6.92 Å². The molecule has 1 amide bonds. The Morgan fingerprint density at radius 3 is 2.44 bits per heavy atom. The van der Waals surface area contributed by atoms with Gasteiger partial charge in [-0.15, -0.1) is 0 Å². The summed E-state index contributed by atoms with van der Waals surface area (Å²) in [7, 11) is 0. The van der Waals surface area contributed by atoms with Crippen molar-refractivity contribution in [1.82, 2.24) is 14.4 Å². The molecule has 1 saturated heterocycles. The van der Waals surface area contributed by atoms with Gasteiger partial charge in [0.05, 0.1) is 0 Å². The van der Waals surface area contributed by atoms with Crippen LogP contribution in [0.2, 0.25) is 0 Å². The molecule has 3 rings (SSSR count). The van der Waals surface area contributed by atoms with Crippen molar-refractivity contribution in [3.8, 4) is 0 Å². The summed E-state index contributed by atoms with van der Waals surface area (Å²) in [6, 6.07) is 8.64. The minimum atomic E-state index is 0.134. The molecule has 0 aliphatic carbocycles. The SMILES string of the molecule is CC[C@@H](Cn1ccc2cc(C(=O)N3CCN(C(C)C)CC3)ccc21)C(C)=N. The van der Waals surface area contributed by atoms with Gasteiger partial charge in [0.15, 0.2) is 0 Å². The zero-order chi connectivity index (χ0) is 19.6. The molecule has 5 nitrogen and oxygen atoms in total. The van der Waals surface area contributed by atoms with Gasteiger partial charge in [-0.2, -0.15) is 0 Å². The van der Waals surface area contributed by atoms with E-state index >= 15 is 0 Å². The highest BCUT2D eigenvalue weighted by molar-refractivity contribution is 5.98. The van der Waals surface area contributed by atoms with Crippen molar-refractivity contribution < 1.29 is 4.79 Å². The van der Waals surface area contributed by atoms with Crippen LogP contribution >= 0.6 is 0 Å². The quantitative estimate of drug-likeness (QED) is 0.787. The summed E-state index contributed by atoms with van der Waals surface area (Å²) >= 11 is 0. The maximum absolute atomic E-state index is 12.9. The van der Waals surface area contributed by atoms with E-state index in [-0.39, 0.29) is 11.8 Å². The molecule has 0 bridgehead atoms. The average molecular weight is 369 g/mol. The smallest absolute Gasteiger partial charge is 0.253 e. The zero-order valence-corrected chi connectivity index (χ0v) is 17.0. The van der Waals surface area contributed by atoms with Crippen LogP contribution in [0.15, 0.2) is 30.5 Å². The molecule has 2 aromatic rings. The lowest BCUT2D eigenvalue weighted by atomic mass is 10.0. The van der Waals surface area contributed by atoms with Crippen molar-refractivity contribution in [3.05, 3.63) is 36.0 Å². The topological polar surface area (TPSA) is 52.3 Å². The number of rotatable bonds is 6. The molecule has 1 aromatic heterocycles. The van der Waals surface area contributed by atoms with E-state index < -0.39 is 0 Å². The normalized spacial score (nSPS) is 16.9. The van der Waals surface area contributed by atoms with E-state index in [4.69, 9.17) is 5.41 Å². The number of carbonyl (C=O) groups excluding carboxylic acids is 1. The van der Waals surface area contributed by atoms with Crippen LogP contribution in [0, 0.1) is 11.3 Å². The van der Waals surface area contributed by atoms with E-state index in [2.05, 4.69) is 48.6 Å². The van der Waals surface area contributed by atoms with Crippen LogP contribution in [0.1, 0.15) is 44.5 Å². The van der Waals surface area contributed by atoms with Gasteiger partial charge in [0.25, 0.3) is 5.91 Å².